The highest BCUT2D eigenvalue weighted by Crippen LogP contribution is 2.20. The number of aryl methyl sites for hydroxylation is 1. The zero-order valence-corrected chi connectivity index (χ0v) is 20.0. The van der Waals surface area contributed by atoms with Gasteiger partial charge in [-0.05, 0) is 25.8 Å². The van der Waals surface area contributed by atoms with Crippen molar-refractivity contribution in [3.63, 3.8) is 0 Å². The van der Waals surface area contributed by atoms with Gasteiger partial charge in [-0.2, -0.15) is 0 Å². The Morgan fingerprint density at radius 2 is 2.03 bits per heavy atom. The zero-order valence-electron chi connectivity index (χ0n) is 17.7. The second-order valence-electron chi connectivity index (χ2n) is 7.40. The predicted molar refractivity (Wildman–Crippen MR) is 129 cm³/mol. The Morgan fingerprint density at radius 1 is 1.24 bits per heavy atom. The third kappa shape index (κ3) is 6.95. The smallest absolute Gasteiger partial charge is 0.191 e. The molecule has 1 aromatic heterocycles. The number of guanidine groups is 1. The zero-order chi connectivity index (χ0) is 19.8. The molecule has 3 rings (SSSR count). The molecule has 2 atom stereocenters. The first-order valence-corrected chi connectivity index (χ1v) is 10.4. The Balaban J connectivity index is 0.00000300. The van der Waals surface area contributed by atoms with Gasteiger partial charge < -0.3 is 15.2 Å². The van der Waals surface area contributed by atoms with Gasteiger partial charge in [-0.1, -0.05) is 37.3 Å². The Bertz CT molecular complexity index is 746. The number of hydrogen-bond acceptors (Lipinski definition) is 4. The minimum Gasteiger partial charge on any atom is -0.357 e. The molecule has 2 N–H and O–H groups in total. The molecule has 29 heavy (non-hydrogen) atoms. The lowest BCUT2D eigenvalue weighted by Crippen LogP contribution is -2.44. The summed E-state index contributed by atoms with van der Waals surface area (Å²) in [5, 5.41) is 15.1. The van der Waals surface area contributed by atoms with Crippen LogP contribution in [0.3, 0.4) is 0 Å². The van der Waals surface area contributed by atoms with E-state index in [2.05, 4.69) is 81.4 Å². The summed E-state index contributed by atoms with van der Waals surface area (Å²) >= 11 is 0. The van der Waals surface area contributed by atoms with Crippen LogP contribution in [-0.2, 0) is 19.5 Å². The van der Waals surface area contributed by atoms with E-state index in [0.29, 0.717) is 18.6 Å². The predicted octanol–water partition coefficient (Wildman–Crippen LogP) is 2.68. The van der Waals surface area contributed by atoms with E-state index >= 15 is 0 Å². The van der Waals surface area contributed by atoms with Crippen molar-refractivity contribution in [2.45, 2.75) is 58.8 Å². The monoisotopic (exact) mass is 511 g/mol. The Morgan fingerprint density at radius 3 is 2.76 bits per heavy atom. The first-order chi connectivity index (χ1) is 13.7. The summed E-state index contributed by atoms with van der Waals surface area (Å²) in [6.45, 7) is 10.9. The van der Waals surface area contributed by atoms with E-state index in [9.17, 15) is 0 Å². The topological polar surface area (TPSA) is 70.4 Å². The Kier molecular flexibility index (Phi) is 9.86. The lowest BCUT2D eigenvalue weighted by atomic mass is 10.2. The van der Waals surface area contributed by atoms with Crippen molar-refractivity contribution in [3.8, 4) is 0 Å². The van der Waals surface area contributed by atoms with Gasteiger partial charge in [0.25, 0.3) is 0 Å². The lowest BCUT2D eigenvalue weighted by molar-refractivity contribution is 0.258. The van der Waals surface area contributed by atoms with Gasteiger partial charge in [0.15, 0.2) is 5.96 Å². The number of aliphatic imine (C=N–C) groups is 1. The molecule has 0 spiro atoms. The van der Waals surface area contributed by atoms with Crippen molar-refractivity contribution in [3.05, 3.63) is 48.0 Å². The molecule has 2 unspecified atom stereocenters. The normalized spacial score (nSPS) is 19.8. The molecule has 0 amide bonds. The number of nitrogens with one attached hydrogen (secondary N) is 2. The summed E-state index contributed by atoms with van der Waals surface area (Å²) < 4.78 is 2.08. The first kappa shape index (κ1) is 23.6. The van der Waals surface area contributed by atoms with Gasteiger partial charge in [0.1, 0.15) is 12.2 Å². The summed E-state index contributed by atoms with van der Waals surface area (Å²) in [6, 6.07) is 11.7. The molecule has 7 nitrogen and oxygen atoms in total. The van der Waals surface area contributed by atoms with Gasteiger partial charge in [-0.15, -0.1) is 34.2 Å². The van der Waals surface area contributed by atoms with E-state index in [4.69, 9.17) is 4.99 Å². The van der Waals surface area contributed by atoms with Crippen molar-refractivity contribution < 1.29 is 0 Å². The highest BCUT2D eigenvalue weighted by Gasteiger charge is 2.29. The molecule has 0 aliphatic carbocycles. The number of nitrogens with zero attached hydrogens (tertiary/aromatic N) is 5. The van der Waals surface area contributed by atoms with Gasteiger partial charge in [-0.25, -0.2) is 0 Å². The van der Waals surface area contributed by atoms with Crippen LogP contribution in [0.25, 0.3) is 0 Å². The standard InChI is InChI=1S/C21H33N7.HI/c1-4-20-26-24-16-27(20)12-11-23-21(22-5-2)25-19-13-17(3)28(15-19)14-18-9-7-6-8-10-18;/h6-10,16-17,19H,4-5,11-15H2,1-3H3,(H2,22,23,25);1H. The SMILES string of the molecule is CCNC(=NCCn1cnnc1CC)NC1CC(C)N(Cc2ccccc2)C1.I. The average Bonchev–Trinajstić information content (AvgIpc) is 3.29. The van der Waals surface area contributed by atoms with Crippen molar-refractivity contribution >= 4 is 29.9 Å². The Hall–Kier alpha value is -1.68. The van der Waals surface area contributed by atoms with Crippen LogP contribution >= 0.6 is 24.0 Å². The minimum absolute atomic E-state index is 0. The average molecular weight is 511 g/mol. The van der Waals surface area contributed by atoms with Crippen LogP contribution < -0.4 is 10.6 Å². The molecular formula is C21H34IN7. The molecule has 2 heterocycles. The number of likely N-dealkylation sites (tertiary alicyclic amines) is 1. The maximum atomic E-state index is 4.76. The summed E-state index contributed by atoms with van der Waals surface area (Å²) in [7, 11) is 0. The van der Waals surface area contributed by atoms with Gasteiger partial charge in [0.2, 0.25) is 0 Å². The lowest BCUT2D eigenvalue weighted by Gasteiger charge is -2.21. The Labute approximate surface area is 191 Å². The third-order valence-corrected chi connectivity index (χ3v) is 5.24. The fourth-order valence-corrected chi connectivity index (χ4v) is 3.76. The highest BCUT2D eigenvalue weighted by molar-refractivity contribution is 14.0. The molecule has 1 aliphatic heterocycles. The van der Waals surface area contributed by atoms with Crippen LogP contribution in [0.5, 0.6) is 0 Å². The fourth-order valence-electron chi connectivity index (χ4n) is 3.76. The van der Waals surface area contributed by atoms with Crippen molar-refractivity contribution in [2.24, 2.45) is 4.99 Å². The molecule has 0 saturated carbocycles. The minimum atomic E-state index is 0. The molecule has 1 saturated heterocycles. The summed E-state index contributed by atoms with van der Waals surface area (Å²) in [5.74, 6) is 1.90. The van der Waals surface area contributed by atoms with E-state index in [1.54, 1.807) is 6.33 Å². The van der Waals surface area contributed by atoms with Gasteiger partial charge in [0.05, 0.1) is 6.54 Å². The molecule has 1 fully saturated rings. The number of hydrogen-bond donors (Lipinski definition) is 2. The first-order valence-electron chi connectivity index (χ1n) is 10.4. The second-order valence-corrected chi connectivity index (χ2v) is 7.40. The van der Waals surface area contributed by atoms with Gasteiger partial charge in [0, 0.05) is 44.7 Å². The molecule has 1 aliphatic rings. The maximum absolute atomic E-state index is 4.76. The van der Waals surface area contributed by atoms with Crippen LogP contribution in [0, 0.1) is 0 Å². The third-order valence-electron chi connectivity index (χ3n) is 5.24. The van der Waals surface area contributed by atoms with Crippen LogP contribution in [0.2, 0.25) is 0 Å². The summed E-state index contributed by atoms with van der Waals surface area (Å²) in [5.41, 5.74) is 1.37. The molecule has 2 aromatic rings. The number of aromatic nitrogens is 3. The van der Waals surface area contributed by atoms with Crippen LogP contribution in [0.4, 0.5) is 0 Å². The molecule has 0 bridgehead atoms. The van der Waals surface area contributed by atoms with E-state index in [1.165, 1.54) is 5.56 Å². The van der Waals surface area contributed by atoms with Gasteiger partial charge >= 0.3 is 0 Å². The quantitative estimate of drug-likeness (QED) is 0.324. The fraction of sp³-hybridized carbons (Fsp3) is 0.571. The van der Waals surface area contributed by atoms with Crippen molar-refractivity contribution in [2.75, 3.05) is 19.6 Å². The van der Waals surface area contributed by atoms with Crippen molar-refractivity contribution in [1.82, 2.24) is 30.3 Å². The van der Waals surface area contributed by atoms with E-state index in [-0.39, 0.29) is 24.0 Å². The number of rotatable bonds is 8. The van der Waals surface area contributed by atoms with Crippen LogP contribution in [0.15, 0.2) is 41.7 Å². The van der Waals surface area contributed by atoms with Crippen LogP contribution in [-0.4, -0.2) is 57.3 Å². The number of benzene rings is 1. The molecule has 8 heteroatoms. The van der Waals surface area contributed by atoms with Gasteiger partial charge in [-0.3, -0.25) is 9.89 Å². The number of halogens is 1. The molecule has 0 radical (unpaired) electrons. The second kappa shape index (κ2) is 12.1. The summed E-state index contributed by atoms with van der Waals surface area (Å²) in [6.07, 6.45) is 3.80. The highest BCUT2D eigenvalue weighted by atomic mass is 127. The molecule has 160 valence electrons. The molecule has 1 aromatic carbocycles. The van der Waals surface area contributed by atoms with Crippen molar-refractivity contribution in [1.29, 1.82) is 0 Å². The van der Waals surface area contributed by atoms with E-state index < -0.39 is 0 Å². The molecular weight excluding hydrogens is 477 g/mol. The van der Waals surface area contributed by atoms with E-state index in [1.807, 2.05) is 0 Å². The summed E-state index contributed by atoms with van der Waals surface area (Å²) in [4.78, 5) is 7.30. The largest absolute Gasteiger partial charge is 0.357 e. The van der Waals surface area contributed by atoms with Crippen LogP contribution in [0.1, 0.15) is 38.6 Å². The van der Waals surface area contributed by atoms with E-state index in [0.717, 1.165) is 50.8 Å². The maximum Gasteiger partial charge on any atom is 0.191 e.